The maximum atomic E-state index is 12.1. The fourth-order valence-corrected chi connectivity index (χ4v) is 4.29. The maximum Gasteiger partial charge on any atom is 0.321 e. The van der Waals surface area contributed by atoms with Gasteiger partial charge in [-0.2, -0.15) is 0 Å². The Morgan fingerprint density at radius 2 is 2.04 bits per heavy atom. The van der Waals surface area contributed by atoms with Crippen LogP contribution >= 0.6 is 23.1 Å². The van der Waals surface area contributed by atoms with Gasteiger partial charge in [-0.15, -0.1) is 23.1 Å². The molecule has 2 heterocycles. The minimum Gasteiger partial charge on any atom is -0.360 e. The summed E-state index contributed by atoms with van der Waals surface area (Å²) in [7, 11) is 0. The molecule has 5 nitrogen and oxygen atoms in total. The number of thioether (sulfide) groups is 1. The zero-order valence-corrected chi connectivity index (χ0v) is 14.8. The molecule has 126 valence electrons. The van der Waals surface area contributed by atoms with E-state index < -0.39 is 6.03 Å². The summed E-state index contributed by atoms with van der Waals surface area (Å²) < 4.78 is 0. The highest BCUT2D eigenvalue weighted by atomic mass is 32.2. The molecule has 3 amide bonds. The van der Waals surface area contributed by atoms with E-state index in [4.69, 9.17) is 0 Å². The van der Waals surface area contributed by atoms with Gasteiger partial charge in [-0.3, -0.25) is 10.1 Å². The monoisotopic (exact) mass is 361 g/mol. The minimum atomic E-state index is -0.434. The normalized spacial score (nSPS) is 13.2. The van der Waals surface area contributed by atoms with Crippen molar-refractivity contribution in [3.63, 3.8) is 0 Å². The molecule has 1 aliphatic rings. The van der Waals surface area contributed by atoms with E-state index in [1.165, 1.54) is 9.77 Å². The van der Waals surface area contributed by atoms with Crippen molar-refractivity contribution in [3.8, 4) is 0 Å². The van der Waals surface area contributed by atoms with Crippen LogP contribution in [0.25, 0.3) is 0 Å². The average Bonchev–Trinajstić information content (AvgIpc) is 3.08. The Morgan fingerprint density at radius 1 is 1.17 bits per heavy atom. The Balaban J connectivity index is 1.45. The SMILES string of the molecule is O=C(CN1CCSc2ccccc21)NC(=O)NCCc1cccs1. The third kappa shape index (κ3) is 4.52. The van der Waals surface area contributed by atoms with Crippen molar-refractivity contribution in [2.24, 2.45) is 0 Å². The summed E-state index contributed by atoms with van der Waals surface area (Å²) in [5, 5.41) is 7.13. The van der Waals surface area contributed by atoms with E-state index in [1.54, 1.807) is 23.1 Å². The fraction of sp³-hybridized carbons (Fsp3) is 0.294. The van der Waals surface area contributed by atoms with E-state index in [1.807, 2.05) is 40.6 Å². The van der Waals surface area contributed by atoms with Crippen LogP contribution in [0.2, 0.25) is 0 Å². The van der Waals surface area contributed by atoms with Crippen LogP contribution in [-0.4, -0.2) is 37.3 Å². The zero-order valence-electron chi connectivity index (χ0n) is 13.2. The summed E-state index contributed by atoms with van der Waals surface area (Å²) in [6.45, 7) is 1.51. The predicted octanol–water partition coefficient (Wildman–Crippen LogP) is 2.73. The summed E-state index contributed by atoms with van der Waals surface area (Å²) in [6.07, 6.45) is 0.774. The van der Waals surface area contributed by atoms with Gasteiger partial charge in [0.15, 0.2) is 0 Å². The van der Waals surface area contributed by atoms with Gasteiger partial charge in [-0.1, -0.05) is 18.2 Å². The third-order valence-corrected chi connectivity index (χ3v) is 5.63. The molecular weight excluding hydrogens is 342 g/mol. The Labute approximate surface area is 149 Å². The Morgan fingerprint density at radius 3 is 2.88 bits per heavy atom. The highest BCUT2D eigenvalue weighted by molar-refractivity contribution is 7.99. The number of urea groups is 1. The number of thiophene rings is 1. The Bertz CT molecular complexity index is 704. The number of hydrogen-bond acceptors (Lipinski definition) is 5. The molecule has 2 aromatic rings. The second kappa shape index (κ2) is 8.21. The van der Waals surface area contributed by atoms with Crippen LogP contribution in [0.4, 0.5) is 10.5 Å². The lowest BCUT2D eigenvalue weighted by Gasteiger charge is -2.30. The maximum absolute atomic E-state index is 12.1. The molecule has 1 aromatic carbocycles. The van der Waals surface area contributed by atoms with Crippen LogP contribution in [0.5, 0.6) is 0 Å². The van der Waals surface area contributed by atoms with Crippen molar-refractivity contribution in [2.75, 3.05) is 30.3 Å². The molecule has 0 fully saturated rings. The van der Waals surface area contributed by atoms with E-state index >= 15 is 0 Å². The molecule has 1 aromatic heterocycles. The predicted molar refractivity (Wildman–Crippen MR) is 98.9 cm³/mol. The van der Waals surface area contributed by atoms with Crippen molar-refractivity contribution in [1.82, 2.24) is 10.6 Å². The molecule has 2 N–H and O–H groups in total. The van der Waals surface area contributed by atoms with Gasteiger partial charge in [0.25, 0.3) is 0 Å². The lowest BCUT2D eigenvalue weighted by molar-refractivity contribution is -0.118. The second-order valence-electron chi connectivity index (χ2n) is 5.37. The molecule has 1 aliphatic heterocycles. The number of nitrogens with zero attached hydrogens (tertiary/aromatic N) is 1. The van der Waals surface area contributed by atoms with Gasteiger partial charge >= 0.3 is 6.03 Å². The Hall–Kier alpha value is -1.99. The van der Waals surface area contributed by atoms with E-state index in [0.29, 0.717) is 6.54 Å². The standard InChI is InChI=1S/C17H19N3O2S2/c21-16(19-17(22)18-8-7-13-4-3-10-23-13)12-20-9-11-24-15-6-2-1-5-14(15)20/h1-6,10H,7-9,11-12H2,(H2,18,19,21,22). The fourth-order valence-electron chi connectivity index (χ4n) is 2.53. The van der Waals surface area contributed by atoms with Crippen LogP contribution < -0.4 is 15.5 Å². The average molecular weight is 361 g/mol. The molecule has 0 aliphatic carbocycles. The number of benzene rings is 1. The largest absolute Gasteiger partial charge is 0.360 e. The lowest BCUT2D eigenvalue weighted by atomic mass is 10.2. The summed E-state index contributed by atoms with van der Waals surface area (Å²) in [5.41, 5.74) is 1.06. The number of nitrogens with one attached hydrogen (secondary N) is 2. The number of imide groups is 1. The van der Waals surface area contributed by atoms with Crippen LogP contribution in [0.3, 0.4) is 0 Å². The van der Waals surface area contributed by atoms with Gasteiger partial charge in [-0.05, 0) is 30.0 Å². The van der Waals surface area contributed by atoms with Gasteiger partial charge in [0.1, 0.15) is 0 Å². The highest BCUT2D eigenvalue weighted by Gasteiger charge is 2.19. The van der Waals surface area contributed by atoms with Gasteiger partial charge in [0.05, 0.1) is 12.2 Å². The summed E-state index contributed by atoms with van der Waals surface area (Å²) in [6, 6.07) is 11.6. The second-order valence-corrected chi connectivity index (χ2v) is 7.54. The number of carbonyl (C=O) groups is 2. The molecular formula is C17H19N3O2S2. The topological polar surface area (TPSA) is 61.4 Å². The molecule has 24 heavy (non-hydrogen) atoms. The lowest BCUT2D eigenvalue weighted by Crippen LogP contribution is -2.46. The number of para-hydroxylation sites is 1. The molecule has 0 saturated heterocycles. The number of carbonyl (C=O) groups excluding carboxylic acids is 2. The van der Waals surface area contributed by atoms with Crippen molar-refractivity contribution >= 4 is 40.7 Å². The van der Waals surface area contributed by atoms with E-state index in [2.05, 4.69) is 16.7 Å². The van der Waals surface area contributed by atoms with Crippen molar-refractivity contribution in [3.05, 3.63) is 46.7 Å². The molecule has 3 rings (SSSR count). The molecule has 0 saturated carbocycles. The number of hydrogen-bond donors (Lipinski definition) is 2. The molecule has 0 radical (unpaired) electrons. The number of amides is 3. The van der Waals surface area contributed by atoms with Crippen LogP contribution in [0, 0.1) is 0 Å². The van der Waals surface area contributed by atoms with Crippen molar-refractivity contribution in [2.45, 2.75) is 11.3 Å². The minimum absolute atomic E-state index is 0.190. The van der Waals surface area contributed by atoms with Gasteiger partial charge in [0, 0.05) is 28.6 Å². The molecule has 0 bridgehead atoms. The van der Waals surface area contributed by atoms with Gasteiger partial charge < -0.3 is 10.2 Å². The third-order valence-electron chi connectivity index (χ3n) is 3.65. The quantitative estimate of drug-likeness (QED) is 0.860. The van der Waals surface area contributed by atoms with Crippen LogP contribution in [0.15, 0.2) is 46.7 Å². The number of rotatable bonds is 5. The first kappa shape index (κ1) is 16.9. The van der Waals surface area contributed by atoms with Crippen molar-refractivity contribution in [1.29, 1.82) is 0 Å². The van der Waals surface area contributed by atoms with Gasteiger partial charge in [0.2, 0.25) is 5.91 Å². The summed E-state index contributed by atoms with van der Waals surface area (Å²) in [4.78, 5) is 28.3. The zero-order chi connectivity index (χ0) is 16.8. The smallest absolute Gasteiger partial charge is 0.321 e. The van der Waals surface area contributed by atoms with E-state index in [0.717, 1.165) is 24.4 Å². The van der Waals surface area contributed by atoms with Crippen molar-refractivity contribution < 1.29 is 9.59 Å². The van der Waals surface area contributed by atoms with Crippen LogP contribution in [0.1, 0.15) is 4.88 Å². The Kier molecular flexibility index (Phi) is 5.77. The first-order valence-corrected chi connectivity index (χ1v) is 9.66. The highest BCUT2D eigenvalue weighted by Crippen LogP contribution is 2.33. The molecule has 0 atom stereocenters. The summed E-state index contributed by atoms with van der Waals surface area (Å²) in [5.74, 6) is 0.655. The van der Waals surface area contributed by atoms with E-state index in [9.17, 15) is 9.59 Å². The first-order chi connectivity index (χ1) is 11.7. The summed E-state index contributed by atoms with van der Waals surface area (Å²) >= 11 is 3.45. The first-order valence-electron chi connectivity index (χ1n) is 7.79. The van der Waals surface area contributed by atoms with Gasteiger partial charge in [-0.25, -0.2) is 4.79 Å². The number of anilines is 1. The molecule has 7 heteroatoms. The molecule has 0 unspecified atom stereocenters. The molecule has 0 spiro atoms. The number of fused-ring (bicyclic) bond motifs is 1. The van der Waals surface area contributed by atoms with E-state index in [-0.39, 0.29) is 12.5 Å². The van der Waals surface area contributed by atoms with Crippen LogP contribution in [-0.2, 0) is 11.2 Å².